The second kappa shape index (κ2) is 2.45. The standard InChI is InChI=1S/C10H6N2O2/c13-9-7-5-6-3-1-2-4-8(6)14-10(7)12-11-9/h1-5H,(H,11,13). The first-order chi connectivity index (χ1) is 6.84. The molecule has 2 aliphatic rings. The minimum Gasteiger partial charge on any atom is -0.436 e. The maximum atomic E-state index is 11.2. The fraction of sp³-hybridized carbons (Fsp3) is 0. The monoisotopic (exact) mass is 186 g/mol. The van der Waals surface area contributed by atoms with E-state index in [1.165, 1.54) is 0 Å². The molecule has 1 N–H and O–H groups in total. The number of hydrogen-bond donors (Lipinski definition) is 1. The SMILES string of the molecule is O=c1[nH]nc2oc3ccccc3cc1-2. The molecule has 0 saturated heterocycles. The Morgan fingerprint density at radius 3 is 3.07 bits per heavy atom. The normalized spacial score (nSPS) is 11.1. The summed E-state index contributed by atoms with van der Waals surface area (Å²) in [5.74, 6) is 0.355. The van der Waals surface area contributed by atoms with Crippen molar-refractivity contribution < 1.29 is 4.42 Å². The summed E-state index contributed by atoms with van der Waals surface area (Å²) < 4.78 is 5.42. The molecular weight excluding hydrogens is 180 g/mol. The number of benzene rings is 1. The van der Waals surface area contributed by atoms with E-state index in [1.54, 1.807) is 6.07 Å². The van der Waals surface area contributed by atoms with E-state index >= 15 is 0 Å². The smallest absolute Gasteiger partial charge is 0.277 e. The van der Waals surface area contributed by atoms with E-state index in [0.717, 1.165) is 11.0 Å². The minimum absolute atomic E-state index is 0.213. The summed E-state index contributed by atoms with van der Waals surface area (Å²) >= 11 is 0. The summed E-state index contributed by atoms with van der Waals surface area (Å²) in [4.78, 5) is 11.2. The molecule has 0 fully saturated rings. The Bertz CT molecular complexity index is 623. The highest BCUT2D eigenvalue weighted by atomic mass is 16.3. The highest BCUT2D eigenvalue weighted by Crippen LogP contribution is 2.22. The van der Waals surface area contributed by atoms with Crippen LogP contribution in [0.25, 0.3) is 22.4 Å². The Kier molecular flexibility index (Phi) is 1.28. The van der Waals surface area contributed by atoms with Crippen LogP contribution in [0.4, 0.5) is 0 Å². The van der Waals surface area contributed by atoms with Crippen molar-refractivity contribution in [2.24, 2.45) is 0 Å². The van der Waals surface area contributed by atoms with E-state index in [4.69, 9.17) is 4.42 Å². The average molecular weight is 186 g/mol. The van der Waals surface area contributed by atoms with E-state index in [1.807, 2.05) is 24.3 Å². The second-order valence-corrected chi connectivity index (χ2v) is 3.06. The number of para-hydroxylation sites is 1. The Morgan fingerprint density at radius 1 is 1.29 bits per heavy atom. The number of nitrogens with zero attached hydrogens (tertiary/aromatic N) is 1. The first-order valence-electron chi connectivity index (χ1n) is 4.21. The molecule has 68 valence electrons. The molecule has 0 atom stereocenters. The van der Waals surface area contributed by atoms with Gasteiger partial charge in [0.2, 0.25) is 5.89 Å². The summed E-state index contributed by atoms with van der Waals surface area (Å²) in [7, 11) is 0. The molecule has 0 spiro atoms. The van der Waals surface area contributed by atoms with E-state index in [0.29, 0.717) is 11.5 Å². The predicted molar refractivity (Wildman–Crippen MR) is 51.3 cm³/mol. The summed E-state index contributed by atoms with van der Waals surface area (Å²) in [6.45, 7) is 0. The van der Waals surface area contributed by atoms with E-state index in [9.17, 15) is 4.79 Å². The zero-order valence-corrected chi connectivity index (χ0v) is 7.15. The average Bonchev–Trinajstić information content (AvgIpc) is 2.57. The molecule has 0 saturated carbocycles. The van der Waals surface area contributed by atoms with Crippen molar-refractivity contribution in [3.63, 3.8) is 0 Å². The number of hydrogen-bond acceptors (Lipinski definition) is 3. The quantitative estimate of drug-likeness (QED) is 0.580. The molecule has 0 aliphatic carbocycles. The van der Waals surface area contributed by atoms with Crippen molar-refractivity contribution in [3.05, 3.63) is 40.7 Å². The van der Waals surface area contributed by atoms with Crippen molar-refractivity contribution in [3.8, 4) is 11.5 Å². The van der Waals surface area contributed by atoms with Gasteiger partial charge in [-0.25, -0.2) is 5.10 Å². The first-order valence-corrected chi connectivity index (χ1v) is 4.21. The molecule has 0 unspecified atom stereocenters. The number of aromatic nitrogens is 2. The zero-order chi connectivity index (χ0) is 9.54. The Balaban J connectivity index is 2.56. The van der Waals surface area contributed by atoms with Gasteiger partial charge >= 0.3 is 0 Å². The third-order valence-electron chi connectivity index (χ3n) is 2.16. The third kappa shape index (κ3) is 0.877. The second-order valence-electron chi connectivity index (χ2n) is 3.06. The fourth-order valence-electron chi connectivity index (χ4n) is 1.48. The molecule has 1 aromatic rings. The Morgan fingerprint density at radius 2 is 2.14 bits per heavy atom. The van der Waals surface area contributed by atoms with Crippen LogP contribution in [0.5, 0.6) is 0 Å². The van der Waals surface area contributed by atoms with Gasteiger partial charge in [-0.15, -0.1) is 5.10 Å². The van der Waals surface area contributed by atoms with Crippen LogP contribution < -0.4 is 5.56 Å². The van der Waals surface area contributed by atoms with Gasteiger partial charge in [-0.05, 0) is 12.1 Å². The van der Waals surface area contributed by atoms with Gasteiger partial charge in [-0.3, -0.25) is 4.79 Å². The van der Waals surface area contributed by atoms with Crippen LogP contribution in [0.3, 0.4) is 0 Å². The molecule has 3 rings (SSSR count). The zero-order valence-electron chi connectivity index (χ0n) is 7.15. The highest BCUT2D eigenvalue weighted by molar-refractivity contribution is 5.81. The molecule has 0 bridgehead atoms. The van der Waals surface area contributed by atoms with Crippen LogP contribution in [0.15, 0.2) is 39.5 Å². The number of rotatable bonds is 0. The largest absolute Gasteiger partial charge is 0.436 e. The van der Waals surface area contributed by atoms with E-state index in [2.05, 4.69) is 10.2 Å². The molecule has 14 heavy (non-hydrogen) atoms. The highest BCUT2D eigenvalue weighted by Gasteiger charge is 2.13. The molecule has 1 aromatic carbocycles. The number of nitrogens with one attached hydrogen (secondary N) is 1. The molecular formula is C10H6N2O2. The summed E-state index contributed by atoms with van der Waals surface area (Å²) in [5, 5.41) is 7.02. The molecule has 0 radical (unpaired) electrons. The summed E-state index contributed by atoms with van der Waals surface area (Å²) in [6, 6.07) is 9.29. The van der Waals surface area contributed by atoms with Crippen LogP contribution in [-0.2, 0) is 0 Å². The maximum absolute atomic E-state index is 11.2. The van der Waals surface area contributed by atoms with Crippen LogP contribution >= 0.6 is 0 Å². The van der Waals surface area contributed by atoms with Gasteiger partial charge in [0.1, 0.15) is 11.1 Å². The van der Waals surface area contributed by atoms with Crippen LogP contribution in [0.1, 0.15) is 0 Å². The molecule has 4 heteroatoms. The molecule has 2 heterocycles. The van der Waals surface area contributed by atoms with Crippen LogP contribution in [0, 0.1) is 0 Å². The number of fused-ring (bicyclic) bond motifs is 2. The Hall–Kier alpha value is -2.10. The van der Waals surface area contributed by atoms with Gasteiger partial charge in [0.05, 0.1) is 0 Å². The van der Waals surface area contributed by atoms with E-state index < -0.39 is 0 Å². The lowest BCUT2D eigenvalue weighted by Crippen LogP contribution is -1.99. The van der Waals surface area contributed by atoms with E-state index in [-0.39, 0.29) is 5.56 Å². The molecule has 0 aromatic heterocycles. The summed E-state index contributed by atoms with van der Waals surface area (Å²) in [6.07, 6.45) is 0. The molecule has 4 nitrogen and oxygen atoms in total. The van der Waals surface area contributed by atoms with Gasteiger partial charge in [0.25, 0.3) is 5.56 Å². The topological polar surface area (TPSA) is 58.9 Å². The van der Waals surface area contributed by atoms with Crippen molar-refractivity contribution in [1.29, 1.82) is 0 Å². The lowest BCUT2D eigenvalue weighted by molar-refractivity contribution is 0.598. The van der Waals surface area contributed by atoms with Crippen molar-refractivity contribution in [2.45, 2.75) is 0 Å². The lowest BCUT2D eigenvalue weighted by atomic mass is 10.2. The Labute approximate surface area is 78.5 Å². The van der Waals surface area contributed by atoms with Crippen LogP contribution in [0.2, 0.25) is 0 Å². The van der Waals surface area contributed by atoms with Gasteiger partial charge < -0.3 is 4.42 Å². The fourth-order valence-corrected chi connectivity index (χ4v) is 1.48. The third-order valence-corrected chi connectivity index (χ3v) is 2.16. The van der Waals surface area contributed by atoms with Gasteiger partial charge in [-0.1, -0.05) is 18.2 Å². The number of aromatic amines is 1. The lowest BCUT2D eigenvalue weighted by Gasteiger charge is -1.98. The van der Waals surface area contributed by atoms with Gasteiger partial charge in [-0.2, -0.15) is 0 Å². The van der Waals surface area contributed by atoms with Crippen molar-refractivity contribution in [1.82, 2.24) is 10.2 Å². The molecule has 0 amide bonds. The molecule has 2 aliphatic heterocycles. The maximum Gasteiger partial charge on any atom is 0.277 e. The van der Waals surface area contributed by atoms with Crippen molar-refractivity contribution in [2.75, 3.05) is 0 Å². The van der Waals surface area contributed by atoms with Gasteiger partial charge in [0, 0.05) is 5.39 Å². The van der Waals surface area contributed by atoms with Crippen molar-refractivity contribution >= 4 is 11.0 Å². The van der Waals surface area contributed by atoms with Crippen LogP contribution in [-0.4, -0.2) is 10.2 Å². The number of H-pyrrole nitrogens is 1. The minimum atomic E-state index is -0.213. The predicted octanol–water partition coefficient (Wildman–Crippen LogP) is 1.62. The summed E-state index contributed by atoms with van der Waals surface area (Å²) in [5.41, 5.74) is 1.00. The first kappa shape index (κ1) is 7.32. The van der Waals surface area contributed by atoms with Gasteiger partial charge in [0.15, 0.2) is 0 Å².